The van der Waals surface area contributed by atoms with E-state index >= 15 is 0 Å². The van der Waals surface area contributed by atoms with Gasteiger partial charge in [0.05, 0.1) is 0 Å². The third-order valence-electron chi connectivity index (χ3n) is 3.82. The Bertz CT molecular complexity index is 988. The molecule has 0 spiro atoms. The van der Waals surface area contributed by atoms with Crippen molar-refractivity contribution in [3.8, 4) is 0 Å². The molecule has 0 atom stereocenters. The van der Waals surface area contributed by atoms with E-state index < -0.39 is 0 Å². The monoisotopic (exact) mass is 330 g/mol. The normalized spacial score (nSPS) is 11.0. The maximum absolute atomic E-state index is 12.5. The predicted octanol–water partition coefficient (Wildman–Crippen LogP) is 2.85. The number of aromatic amines is 1. The van der Waals surface area contributed by atoms with Crippen molar-refractivity contribution in [3.05, 3.63) is 62.2 Å². The molecular weight excluding hydrogens is 316 g/mol. The molecule has 3 rings (SSSR count). The van der Waals surface area contributed by atoms with Gasteiger partial charge in [0.1, 0.15) is 5.56 Å². The summed E-state index contributed by atoms with van der Waals surface area (Å²) in [4.78, 5) is 29.1. The van der Waals surface area contributed by atoms with Gasteiger partial charge in [-0.25, -0.2) is 9.50 Å². The number of carbonyl (C=O) groups is 1. The van der Waals surface area contributed by atoms with Crippen molar-refractivity contribution in [2.75, 3.05) is 5.32 Å². The Morgan fingerprint density at radius 1 is 1.30 bits per heavy atom. The van der Waals surface area contributed by atoms with Crippen molar-refractivity contribution in [3.63, 3.8) is 0 Å². The molecule has 0 unspecified atom stereocenters. The van der Waals surface area contributed by atoms with E-state index in [9.17, 15) is 9.59 Å². The van der Waals surface area contributed by atoms with E-state index in [1.165, 1.54) is 10.7 Å². The average molecular weight is 331 g/mol. The highest BCUT2D eigenvalue weighted by Crippen LogP contribution is 2.21. The van der Waals surface area contributed by atoms with Crippen LogP contribution in [-0.4, -0.2) is 20.5 Å². The van der Waals surface area contributed by atoms with Gasteiger partial charge in [0.2, 0.25) is 0 Å². The summed E-state index contributed by atoms with van der Waals surface area (Å²) in [6.45, 7) is 5.32. The Balaban J connectivity index is 2.05. The number of aromatic nitrogens is 3. The van der Waals surface area contributed by atoms with Crippen molar-refractivity contribution in [1.29, 1.82) is 0 Å². The van der Waals surface area contributed by atoms with Gasteiger partial charge in [0.15, 0.2) is 5.65 Å². The molecule has 2 N–H and O–H groups in total. The molecule has 0 fully saturated rings. The van der Waals surface area contributed by atoms with Crippen molar-refractivity contribution < 1.29 is 4.79 Å². The number of rotatable bonds is 2. The van der Waals surface area contributed by atoms with Crippen LogP contribution in [0, 0.1) is 20.8 Å². The molecule has 0 aliphatic rings. The number of amides is 1. The van der Waals surface area contributed by atoms with Crippen LogP contribution in [0.5, 0.6) is 0 Å². The molecular formula is C16H15ClN4O2. The molecule has 0 bridgehead atoms. The van der Waals surface area contributed by atoms with Crippen molar-refractivity contribution in [1.82, 2.24) is 14.6 Å². The molecule has 23 heavy (non-hydrogen) atoms. The van der Waals surface area contributed by atoms with Gasteiger partial charge in [-0.1, -0.05) is 17.7 Å². The van der Waals surface area contributed by atoms with Gasteiger partial charge in [-0.3, -0.25) is 14.7 Å². The molecule has 0 saturated carbocycles. The number of anilines is 1. The number of hydrogen-bond acceptors (Lipinski definition) is 3. The first-order chi connectivity index (χ1) is 10.9. The number of benzene rings is 1. The van der Waals surface area contributed by atoms with Crippen LogP contribution in [0.25, 0.3) is 5.65 Å². The fraction of sp³-hybridized carbons (Fsp3) is 0.188. The highest BCUT2D eigenvalue weighted by molar-refractivity contribution is 6.31. The summed E-state index contributed by atoms with van der Waals surface area (Å²) in [6, 6.07) is 5.26. The van der Waals surface area contributed by atoms with E-state index in [0.29, 0.717) is 33.2 Å². The van der Waals surface area contributed by atoms with Crippen molar-refractivity contribution in [2.45, 2.75) is 20.8 Å². The van der Waals surface area contributed by atoms with Crippen LogP contribution < -0.4 is 10.9 Å². The molecule has 1 amide bonds. The summed E-state index contributed by atoms with van der Waals surface area (Å²) >= 11 is 5.96. The Morgan fingerprint density at radius 2 is 2.04 bits per heavy atom. The standard InChI is InChI=1S/C16H15ClN4O2/c1-8-4-5-11(17)6-13(8)20-15(22)12-7-18-21-14(12)19-10(3)9(2)16(21)23/h4-7,18H,1-3H3,(H,20,22). The minimum atomic E-state index is -0.357. The third kappa shape index (κ3) is 2.61. The largest absolute Gasteiger partial charge is 0.322 e. The first-order valence-corrected chi connectivity index (χ1v) is 7.41. The lowest BCUT2D eigenvalue weighted by Crippen LogP contribution is -2.20. The molecule has 0 saturated heterocycles. The smallest absolute Gasteiger partial charge is 0.275 e. The minimum Gasteiger partial charge on any atom is -0.322 e. The Kier molecular flexibility index (Phi) is 3.69. The van der Waals surface area contributed by atoms with Crippen LogP contribution in [0.2, 0.25) is 5.02 Å². The second-order valence-electron chi connectivity index (χ2n) is 5.39. The lowest BCUT2D eigenvalue weighted by molar-refractivity contribution is 0.102. The number of H-pyrrole nitrogens is 1. The number of fused-ring (bicyclic) bond motifs is 1. The van der Waals surface area contributed by atoms with Gasteiger partial charge >= 0.3 is 0 Å². The SMILES string of the molecule is Cc1ccc(Cl)cc1NC(=O)c1c[nH]n2c(=O)c(C)c(C)nc12. The van der Waals surface area contributed by atoms with Crippen LogP contribution in [-0.2, 0) is 0 Å². The van der Waals surface area contributed by atoms with E-state index in [1.807, 2.05) is 13.0 Å². The zero-order valence-corrected chi connectivity index (χ0v) is 13.7. The Hall–Kier alpha value is -2.60. The number of carbonyl (C=O) groups excluding carboxylic acids is 1. The van der Waals surface area contributed by atoms with E-state index in [-0.39, 0.29) is 11.5 Å². The summed E-state index contributed by atoms with van der Waals surface area (Å²) in [5.41, 5.74) is 3.03. The fourth-order valence-corrected chi connectivity index (χ4v) is 2.46. The number of nitrogens with one attached hydrogen (secondary N) is 2. The number of nitrogens with zero attached hydrogens (tertiary/aromatic N) is 2. The lowest BCUT2D eigenvalue weighted by Gasteiger charge is -2.08. The molecule has 118 valence electrons. The third-order valence-corrected chi connectivity index (χ3v) is 4.06. The topological polar surface area (TPSA) is 79.3 Å². The van der Waals surface area contributed by atoms with E-state index in [4.69, 9.17) is 11.6 Å². The van der Waals surface area contributed by atoms with Crippen LogP contribution in [0.3, 0.4) is 0 Å². The molecule has 3 aromatic rings. The quantitative estimate of drug-likeness (QED) is 0.758. The van der Waals surface area contributed by atoms with Crippen LogP contribution in [0.4, 0.5) is 5.69 Å². The second-order valence-corrected chi connectivity index (χ2v) is 5.82. The molecule has 0 aliphatic carbocycles. The number of aryl methyl sites for hydroxylation is 2. The Labute approximate surface area is 137 Å². The number of halogens is 1. The Morgan fingerprint density at radius 3 is 2.78 bits per heavy atom. The van der Waals surface area contributed by atoms with E-state index in [1.54, 1.807) is 26.0 Å². The molecule has 6 nitrogen and oxygen atoms in total. The first kappa shape index (κ1) is 15.3. The molecule has 2 heterocycles. The van der Waals surface area contributed by atoms with Gasteiger partial charge in [0.25, 0.3) is 11.5 Å². The summed E-state index contributed by atoms with van der Waals surface area (Å²) in [6.07, 6.45) is 1.47. The van der Waals surface area contributed by atoms with Gasteiger partial charge in [-0.2, -0.15) is 0 Å². The van der Waals surface area contributed by atoms with Crippen LogP contribution in [0.15, 0.2) is 29.2 Å². The van der Waals surface area contributed by atoms with Crippen molar-refractivity contribution >= 4 is 28.8 Å². The maximum atomic E-state index is 12.5. The zero-order chi connectivity index (χ0) is 16.7. The average Bonchev–Trinajstić information content (AvgIpc) is 2.92. The molecule has 2 aromatic heterocycles. The van der Waals surface area contributed by atoms with Gasteiger partial charge in [-0.15, -0.1) is 0 Å². The fourth-order valence-electron chi connectivity index (χ4n) is 2.29. The predicted molar refractivity (Wildman–Crippen MR) is 89.4 cm³/mol. The molecule has 7 heteroatoms. The molecule has 0 aliphatic heterocycles. The highest BCUT2D eigenvalue weighted by atomic mass is 35.5. The van der Waals surface area contributed by atoms with Crippen LogP contribution in [0.1, 0.15) is 27.2 Å². The minimum absolute atomic E-state index is 0.217. The zero-order valence-electron chi connectivity index (χ0n) is 12.9. The van der Waals surface area contributed by atoms with Crippen LogP contribution >= 0.6 is 11.6 Å². The summed E-state index contributed by atoms with van der Waals surface area (Å²) in [5.74, 6) is -0.357. The van der Waals surface area contributed by atoms with Gasteiger partial charge < -0.3 is 5.32 Å². The van der Waals surface area contributed by atoms with E-state index in [0.717, 1.165) is 5.56 Å². The summed E-state index contributed by atoms with van der Waals surface area (Å²) in [5, 5.41) is 6.11. The van der Waals surface area contributed by atoms with Gasteiger partial charge in [-0.05, 0) is 38.5 Å². The summed E-state index contributed by atoms with van der Waals surface area (Å²) < 4.78 is 1.27. The summed E-state index contributed by atoms with van der Waals surface area (Å²) in [7, 11) is 0. The second kappa shape index (κ2) is 5.55. The van der Waals surface area contributed by atoms with Crippen molar-refractivity contribution in [2.24, 2.45) is 0 Å². The number of hydrogen-bond donors (Lipinski definition) is 2. The highest BCUT2D eigenvalue weighted by Gasteiger charge is 2.17. The lowest BCUT2D eigenvalue weighted by atomic mass is 10.2. The van der Waals surface area contributed by atoms with Gasteiger partial charge in [0, 0.05) is 28.2 Å². The molecule has 1 aromatic carbocycles. The first-order valence-electron chi connectivity index (χ1n) is 7.03. The molecule has 0 radical (unpaired) electrons. The van der Waals surface area contributed by atoms with E-state index in [2.05, 4.69) is 15.4 Å². The maximum Gasteiger partial charge on any atom is 0.275 e.